The van der Waals surface area contributed by atoms with E-state index in [1.54, 1.807) is 11.3 Å². The van der Waals surface area contributed by atoms with E-state index < -0.39 is 5.54 Å². The summed E-state index contributed by atoms with van der Waals surface area (Å²) < 4.78 is 0. The molecule has 0 spiro atoms. The van der Waals surface area contributed by atoms with E-state index in [2.05, 4.69) is 25.2 Å². The molecule has 1 aliphatic carbocycles. The van der Waals surface area contributed by atoms with E-state index in [0.29, 0.717) is 0 Å². The topological polar surface area (TPSA) is 55.1 Å². The standard InChI is InChI=1S/C15H24N2OS/c1-10-9-13(12(3)19-10)11(2)17-14(18)15(16)7-5-4-6-8-15/h9,11H,4-8,16H2,1-3H3,(H,17,18). The van der Waals surface area contributed by atoms with Crippen LogP contribution in [0.4, 0.5) is 0 Å². The zero-order valence-electron chi connectivity index (χ0n) is 12.1. The van der Waals surface area contributed by atoms with Gasteiger partial charge in [-0.15, -0.1) is 11.3 Å². The number of nitrogens with two attached hydrogens (primary N) is 1. The Balaban J connectivity index is 2.04. The maximum Gasteiger partial charge on any atom is 0.240 e. The number of hydrogen-bond donors (Lipinski definition) is 2. The highest BCUT2D eigenvalue weighted by atomic mass is 32.1. The Morgan fingerprint density at radius 1 is 1.37 bits per heavy atom. The maximum absolute atomic E-state index is 12.4. The molecule has 19 heavy (non-hydrogen) atoms. The Bertz CT molecular complexity index is 461. The van der Waals surface area contributed by atoms with E-state index in [9.17, 15) is 4.79 Å². The molecule has 3 nitrogen and oxygen atoms in total. The van der Waals surface area contributed by atoms with Crippen molar-refractivity contribution in [2.24, 2.45) is 5.73 Å². The molecular formula is C15H24N2OS. The molecule has 0 bridgehead atoms. The normalized spacial score (nSPS) is 20.0. The van der Waals surface area contributed by atoms with Crippen LogP contribution in [-0.2, 0) is 4.79 Å². The molecule has 0 radical (unpaired) electrons. The lowest BCUT2D eigenvalue weighted by Gasteiger charge is -2.33. The molecule has 4 heteroatoms. The smallest absolute Gasteiger partial charge is 0.240 e. The van der Waals surface area contributed by atoms with E-state index in [1.807, 2.05) is 6.92 Å². The fourth-order valence-corrected chi connectivity index (χ4v) is 3.93. The first-order valence-electron chi connectivity index (χ1n) is 7.09. The fourth-order valence-electron chi connectivity index (χ4n) is 2.91. The van der Waals surface area contributed by atoms with Crippen LogP contribution in [0.1, 0.15) is 60.4 Å². The second-order valence-corrected chi connectivity index (χ2v) is 7.24. The number of amides is 1. The Labute approximate surface area is 119 Å². The minimum absolute atomic E-state index is 0.0166. The summed E-state index contributed by atoms with van der Waals surface area (Å²) in [5, 5.41) is 3.10. The molecule has 0 saturated heterocycles. The van der Waals surface area contributed by atoms with Crippen molar-refractivity contribution in [3.8, 4) is 0 Å². The van der Waals surface area contributed by atoms with Crippen molar-refractivity contribution in [3.63, 3.8) is 0 Å². The highest BCUT2D eigenvalue weighted by Gasteiger charge is 2.35. The van der Waals surface area contributed by atoms with Gasteiger partial charge in [0, 0.05) is 9.75 Å². The molecule has 1 amide bonds. The number of rotatable bonds is 3. The van der Waals surface area contributed by atoms with Gasteiger partial charge >= 0.3 is 0 Å². The summed E-state index contributed by atoms with van der Waals surface area (Å²) in [6.45, 7) is 6.24. The van der Waals surface area contributed by atoms with Gasteiger partial charge in [-0.2, -0.15) is 0 Å². The largest absolute Gasteiger partial charge is 0.348 e. The van der Waals surface area contributed by atoms with Gasteiger partial charge in [0.15, 0.2) is 0 Å². The first-order chi connectivity index (χ1) is 8.92. The van der Waals surface area contributed by atoms with Gasteiger partial charge in [-0.1, -0.05) is 19.3 Å². The van der Waals surface area contributed by atoms with E-state index in [4.69, 9.17) is 5.73 Å². The van der Waals surface area contributed by atoms with Crippen molar-refractivity contribution in [1.29, 1.82) is 0 Å². The third-order valence-electron chi connectivity index (χ3n) is 4.09. The van der Waals surface area contributed by atoms with Gasteiger partial charge in [-0.3, -0.25) is 4.79 Å². The van der Waals surface area contributed by atoms with E-state index in [-0.39, 0.29) is 11.9 Å². The summed E-state index contributed by atoms with van der Waals surface area (Å²) in [6, 6.07) is 2.20. The summed E-state index contributed by atoms with van der Waals surface area (Å²) in [5.74, 6) is 0.0166. The molecule has 3 N–H and O–H groups in total. The lowest BCUT2D eigenvalue weighted by Crippen LogP contribution is -2.55. The molecule has 1 fully saturated rings. The Kier molecular flexibility index (Phi) is 4.31. The molecule has 0 aromatic carbocycles. The summed E-state index contributed by atoms with van der Waals surface area (Å²) in [4.78, 5) is 15.0. The monoisotopic (exact) mass is 280 g/mol. The van der Waals surface area contributed by atoms with Crippen LogP contribution in [0, 0.1) is 13.8 Å². The molecule has 1 unspecified atom stereocenters. The van der Waals surface area contributed by atoms with Crippen LogP contribution in [0.2, 0.25) is 0 Å². The third-order valence-corrected chi connectivity index (χ3v) is 5.07. The summed E-state index contributed by atoms with van der Waals surface area (Å²) >= 11 is 1.78. The van der Waals surface area contributed by atoms with E-state index >= 15 is 0 Å². The Hall–Kier alpha value is -0.870. The van der Waals surface area contributed by atoms with Crippen LogP contribution in [0.3, 0.4) is 0 Å². The second-order valence-electron chi connectivity index (χ2n) is 5.78. The Morgan fingerprint density at radius 3 is 2.53 bits per heavy atom. The van der Waals surface area contributed by atoms with Crippen molar-refractivity contribution in [3.05, 3.63) is 21.4 Å². The third kappa shape index (κ3) is 3.18. The number of carbonyl (C=O) groups is 1. The average Bonchev–Trinajstić information content (AvgIpc) is 2.69. The van der Waals surface area contributed by atoms with Gasteiger partial charge in [-0.25, -0.2) is 0 Å². The highest BCUT2D eigenvalue weighted by Crippen LogP contribution is 2.29. The lowest BCUT2D eigenvalue weighted by molar-refractivity contribution is -0.128. The van der Waals surface area contributed by atoms with Crippen molar-refractivity contribution in [1.82, 2.24) is 5.32 Å². The highest BCUT2D eigenvalue weighted by molar-refractivity contribution is 7.12. The lowest BCUT2D eigenvalue weighted by atomic mass is 9.81. The average molecular weight is 280 g/mol. The van der Waals surface area contributed by atoms with Crippen molar-refractivity contribution in [2.45, 2.75) is 64.5 Å². The Morgan fingerprint density at radius 2 is 2.00 bits per heavy atom. The predicted molar refractivity (Wildman–Crippen MR) is 80.4 cm³/mol. The minimum atomic E-state index is -0.647. The minimum Gasteiger partial charge on any atom is -0.348 e. The number of carbonyl (C=O) groups excluding carboxylic acids is 1. The van der Waals surface area contributed by atoms with Gasteiger partial charge in [0.1, 0.15) is 0 Å². The van der Waals surface area contributed by atoms with Gasteiger partial charge < -0.3 is 11.1 Å². The van der Waals surface area contributed by atoms with Gasteiger partial charge in [0.25, 0.3) is 0 Å². The van der Waals surface area contributed by atoms with Crippen LogP contribution >= 0.6 is 11.3 Å². The summed E-state index contributed by atoms with van der Waals surface area (Å²) in [5.41, 5.74) is 6.83. The molecule has 1 saturated carbocycles. The van der Waals surface area contributed by atoms with Crippen LogP contribution in [0.5, 0.6) is 0 Å². The van der Waals surface area contributed by atoms with Gasteiger partial charge in [-0.05, 0) is 45.2 Å². The number of aryl methyl sites for hydroxylation is 2. The molecule has 1 aromatic rings. The van der Waals surface area contributed by atoms with Crippen LogP contribution in [0.25, 0.3) is 0 Å². The SMILES string of the molecule is Cc1cc(C(C)NC(=O)C2(N)CCCCC2)c(C)s1. The van der Waals surface area contributed by atoms with Crippen molar-refractivity contribution in [2.75, 3.05) is 0 Å². The van der Waals surface area contributed by atoms with E-state index in [0.717, 1.165) is 25.7 Å². The fraction of sp³-hybridized carbons (Fsp3) is 0.667. The van der Waals surface area contributed by atoms with Crippen molar-refractivity contribution < 1.29 is 4.79 Å². The predicted octanol–water partition coefficient (Wildman–Crippen LogP) is 3.20. The zero-order valence-corrected chi connectivity index (χ0v) is 12.9. The molecule has 106 valence electrons. The number of thiophene rings is 1. The van der Waals surface area contributed by atoms with Crippen molar-refractivity contribution >= 4 is 17.2 Å². The summed E-state index contributed by atoms with van der Waals surface area (Å²) in [6.07, 6.45) is 4.95. The molecule has 1 heterocycles. The molecule has 1 aromatic heterocycles. The molecule has 0 aliphatic heterocycles. The maximum atomic E-state index is 12.4. The van der Waals surface area contributed by atoms with Crippen LogP contribution in [0.15, 0.2) is 6.07 Å². The quantitative estimate of drug-likeness (QED) is 0.893. The molecular weight excluding hydrogens is 256 g/mol. The summed E-state index contributed by atoms with van der Waals surface area (Å²) in [7, 11) is 0. The first-order valence-corrected chi connectivity index (χ1v) is 7.91. The molecule has 2 rings (SSSR count). The second kappa shape index (κ2) is 5.63. The molecule has 1 atom stereocenters. The molecule has 1 aliphatic rings. The van der Waals surface area contributed by atoms with Gasteiger partial charge in [0.05, 0.1) is 11.6 Å². The number of hydrogen-bond acceptors (Lipinski definition) is 3. The van der Waals surface area contributed by atoms with Crippen LogP contribution < -0.4 is 11.1 Å². The zero-order chi connectivity index (χ0) is 14.0. The van der Waals surface area contributed by atoms with Crippen LogP contribution in [-0.4, -0.2) is 11.4 Å². The van der Waals surface area contributed by atoms with E-state index in [1.165, 1.54) is 21.7 Å². The first kappa shape index (κ1) is 14.5. The number of nitrogens with one attached hydrogen (secondary N) is 1. The van der Waals surface area contributed by atoms with Gasteiger partial charge in [0.2, 0.25) is 5.91 Å².